The van der Waals surface area contributed by atoms with Crippen LogP contribution in [0, 0.1) is 13.8 Å². The van der Waals surface area contributed by atoms with E-state index >= 15 is 0 Å². The van der Waals surface area contributed by atoms with E-state index in [1.165, 1.54) is 28.5 Å². The summed E-state index contributed by atoms with van der Waals surface area (Å²) >= 11 is 1.42. The van der Waals surface area contributed by atoms with E-state index in [1.807, 2.05) is 44.2 Å². The fourth-order valence-electron chi connectivity index (χ4n) is 2.69. The Morgan fingerprint density at radius 3 is 2.43 bits per heavy atom. The number of hydrogen-bond acceptors (Lipinski definition) is 4. The van der Waals surface area contributed by atoms with Crippen molar-refractivity contribution in [2.45, 2.75) is 57.6 Å². The third-order valence-electron chi connectivity index (χ3n) is 4.61. The summed E-state index contributed by atoms with van der Waals surface area (Å²) in [5.74, 6) is -0.461. The van der Waals surface area contributed by atoms with Crippen molar-refractivity contribution in [2.75, 3.05) is 5.75 Å². The number of nitrogens with one attached hydrogen (secondary N) is 1. The number of thioether (sulfide) groups is 1. The number of carbonyl (C=O) groups is 2. The number of aryl methyl sites for hydroxylation is 3. The highest BCUT2D eigenvalue weighted by Crippen LogP contribution is 2.21. The van der Waals surface area contributed by atoms with E-state index in [9.17, 15) is 9.59 Å². The smallest absolute Gasteiger partial charge is 0.317 e. The fraction of sp³-hybridized carbons (Fsp3) is 0.391. The van der Waals surface area contributed by atoms with Crippen molar-refractivity contribution in [1.29, 1.82) is 0 Å². The van der Waals surface area contributed by atoms with E-state index in [1.54, 1.807) is 6.92 Å². The third-order valence-corrected chi connectivity index (χ3v) is 5.58. The molecule has 0 aliphatic heterocycles. The largest absolute Gasteiger partial charge is 0.452 e. The number of ether oxygens (including phenoxy) is 1. The van der Waals surface area contributed by atoms with Crippen molar-refractivity contribution >= 4 is 23.6 Å². The molecule has 2 rings (SSSR count). The molecule has 0 aromatic heterocycles. The van der Waals surface area contributed by atoms with Gasteiger partial charge in [0.05, 0.1) is 5.75 Å². The molecule has 0 aliphatic carbocycles. The van der Waals surface area contributed by atoms with E-state index in [0.717, 1.165) is 17.7 Å². The molecule has 2 aromatic rings. The predicted octanol–water partition coefficient (Wildman–Crippen LogP) is 4.46. The van der Waals surface area contributed by atoms with Crippen LogP contribution in [0.2, 0.25) is 0 Å². The Labute approximate surface area is 172 Å². The molecule has 0 spiro atoms. The molecule has 1 amide bonds. The summed E-state index contributed by atoms with van der Waals surface area (Å²) < 4.78 is 5.28. The second kappa shape index (κ2) is 10.9. The molecule has 0 saturated carbocycles. The van der Waals surface area contributed by atoms with Crippen LogP contribution in [0.3, 0.4) is 0 Å². The first-order valence-corrected chi connectivity index (χ1v) is 10.6. The quantitative estimate of drug-likeness (QED) is 0.499. The molecule has 0 aliphatic rings. The monoisotopic (exact) mass is 399 g/mol. The van der Waals surface area contributed by atoms with Crippen molar-refractivity contribution in [3.05, 3.63) is 65.2 Å². The molecule has 1 N–H and O–H groups in total. The van der Waals surface area contributed by atoms with Gasteiger partial charge in [-0.15, -0.1) is 11.8 Å². The van der Waals surface area contributed by atoms with Gasteiger partial charge < -0.3 is 10.1 Å². The summed E-state index contributed by atoms with van der Waals surface area (Å²) in [6.45, 7) is 7.67. The van der Waals surface area contributed by atoms with Crippen molar-refractivity contribution in [2.24, 2.45) is 0 Å². The Morgan fingerprint density at radius 1 is 1.04 bits per heavy atom. The van der Waals surface area contributed by atoms with Gasteiger partial charge in [-0.3, -0.25) is 9.59 Å². The van der Waals surface area contributed by atoms with Gasteiger partial charge in [0.2, 0.25) is 0 Å². The Balaban J connectivity index is 1.71. The zero-order valence-electron chi connectivity index (χ0n) is 17.0. The molecule has 0 unspecified atom stereocenters. The highest BCUT2D eigenvalue weighted by Gasteiger charge is 2.19. The first kappa shape index (κ1) is 22.0. The zero-order chi connectivity index (χ0) is 20.5. The number of hydrogen-bond donors (Lipinski definition) is 1. The molecule has 0 saturated heterocycles. The molecule has 5 heteroatoms. The van der Waals surface area contributed by atoms with Gasteiger partial charge in [-0.05, 0) is 69.4 Å². The number of carbonyl (C=O) groups excluding carboxylic acids is 2. The minimum atomic E-state index is -0.799. The molecule has 0 heterocycles. The Bertz CT molecular complexity index is 792. The highest BCUT2D eigenvalue weighted by molar-refractivity contribution is 8.00. The van der Waals surface area contributed by atoms with Crippen LogP contribution < -0.4 is 5.32 Å². The van der Waals surface area contributed by atoms with Gasteiger partial charge in [-0.2, -0.15) is 0 Å². The van der Waals surface area contributed by atoms with Gasteiger partial charge in [0.15, 0.2) is 6.10 Å². The number of amides is 1. The molecule has 0 radical (unpaired) electrons. The summed E-state index contributed by atoms with van der Waals surface area (Å²) in [7, 11) is 0. The van der Waals surface area contributed by atoms with Crippen LogP contribution >= 0.6 is 11.8 Å². The minimum Gasteiger partial charge on any atom is -0.452 e. The van der Waals surface area contributed by atoms with E-state index in [4.69, 9.17) is 4.74 Å². The summed E-state index contributed by atoms with van der Waals surface area (Å²) in [6, 6.07) is 16.3. The number of esters is 1. The predicted molar refractivity (Wildman–Crippen MR) is 115 cm³/mol. The lowest BCUT2D eigenvalue weighted by Gasteiger charge is -2.18. The zero-order valence-corrected chi connectivity index (χ0v) is 17.8. The maximum Gasteiger partial charge on any atom is 0.317 e. The van der Waals surface area contributed by atoms with Crippen LogP contribution in [-0.4, -0.2) is 29.8 Å². The van der Waals surface area contributed by atoms with Crippen LogP contribution in [-0.2, 0) is 20.7 Å². The first-order chi connectivity index (χ1) is 13.3. The van der Waals surface area contributed by atoms with E-state index in [0.29, 0.717) is 0 Å². The van der Waals surface area contributed by atoms with Crippen molar-refractivity contribution in [1.82, 2.24) is 5.32 Å². The summed E-state index contributed by atoms with van der Waals surface area (Å²) in [6.07, 6.45) is 0.925. The minimum absolute atomic E-state index is 0.0127. The average Bonchev–Trinajstić information content (AvgIpc) is 2.68. The molecule has 2 aromatic carbocycles. The van der Waals surface area contributed by atoms with Crippen LogP contribution in [0.4, 0.5) is 0 Å². The Morgan fingerprint density at radius 2 is 1.75 bits per heavy atom. The molecular weight excluding hydrogens is 370 g/mol. The van der Waals surface area contributed by atoms with Crippen molar-refractivity contribution < 1.29 is 14.3 Å². The summed E-state index contributed by atoms with van der Waals surface area (Å²) in [5, 5.41) is 2.92. The molecule has 4 nitrogen and oxygen atoms in total. The lowest BCUT2D eigenvalue weighted by molar-refractivity contribution is -0.152. The molecular formula is C23H29NO3S. The maximum absolute atomic E-state index is 12.3. The molecule has 150 valence electrons. The molecule has 2 atom stereocenters. The molecule has 0 fully saturated rings. The first-order valence-electron chi connectivity index (χ1n) is 9.59. The fourth-order valence-corrected chi connectivity index (χ4v) is 3.47. The van der Waals surface area contributed by atoms with Crippen molar-refractivity contribution in [3.63, 3.8) is 0 Å². The molecule has 0 bridgehead atoms. The van der Waals surface area contributed by atoms with Gasteiger partial charge in [-0.25, -0.2) is 0 Å². The third kappa shape index (κ3) is 7.39. The highest BCUT2D eigenvalue weighted by atomic mass is 32.2. The second-order valence-corrected chi connectivity index (χ2v) is 8.15. The molecule has 28 heavy (non-hydrogen) atoms. The summed E-state index contributed by atoms with van der Waals surface area (Å²) in [4.78, 5) is 25.3. The number of benzene rings is 2. The second-order valence-electron chi connectivity index (χ2n) is 7.10. The van der Waals surface area contributed by atoms with Crippen LogP contribution in [0.15, 0.2) is 53.4 Å². The van der Waals surface area contributed by atoms with E-state index in [-0.39, 0.29) is 23.7 Å². The van der Waals surface area contributed by atoms with Gasteiger partial charge in [0.25, 0.3) is 5.91 Å². The van der Waals surface area contributed by atoms with Gasteiger partial charge in [0.1, 0.15) is 0 Å². The Kier molecular flexibility index (Phi) is 8.58. The van der Waals surface area contributed by atoms with Crippen LogP contribution in [0.5, 0.6) is 0 Å². The van der Waals surface area contributed by atoms with Gasteiger partial charge in [-0.1, -0.05) is 36.4 Å². The van der Waals surface area contributed by atoms with E-state index < -0.39 is 6.10 Å². The van der Waals surface area contributed by atoms with E-state index in [2.05, 4.69) is 30.4 Å². The lowest BCUT2D eigenvalue weighted by atomic mass is 10.1. The maximum atomic E-state index is 12.3. The van der Waals surface area contributed by atoms with Crippen LogP contribution in [0.1, 0.15) is 37.0 Å². The van der Waals surface area contributed by atoms with Crippen LogP contribution in [0.25, 0.3) is 0 Å². The van der Waals surface area contributed by atoms with Gasteiger partial charge >= 0.3 is 5.97 Å². The van der Waals surface area contributed by atoms with Crippen molar-refractivity contribution in [3.8, 4) is 0 Å². The lowest BCUT2D eigenvalue weighted by Crippen LogP contribution is -2.41. The topological polar surface area (TPSA) is 55.4 Å². The average molecular weight is 400 g/mol. The SMILES string of the molecule is Cc1ccc(SCC(=O)O[C@H](C)C(=O)N[C@H](C)CCc2ccccc2)cc1C. The summed E-state index contributed by atoms with van der Waals surface area (Å²) in [5.41, 5.74) is 3.65. The standard InChI is InChI=1S/C23H29NO3S/c1-16-10-13-21(14-17(16)2)28-15-22(25)27-19(4)23(26)24-18(3)11-12-20-8-6-5-7-9-20/h5-10,13-14,18-19H,11-12,15H2,1-4H3,(H,24,26)/t18-,19-/m1/s1. The Hall–Kier alpha value is -2.27. The normalized spacial score (nSPS) is 12.9. The van der Waals surface area contributed by atoms with Gasteiger partial charge in [0, 0.05) is 10.9 Å². The number of rotatable bonds is 9.